The summed E-state index contributed by atoms with van der Waals surface area (Å²) in [5.41, 5.74) is 3.97. The Labute approximate surface area is 104 Å². The second-order valence-electron chi connectivity index (χ2n) is 3.99. The van der Waals surface area contributed by atoms with Crippen molar-refractivity contribution >= 4 is 5.91 Å². The predicted octanol–water partition coefficient (Wildman–Crippen LogP) is 1.11. The van der Waals surface area contributed by atoms with Crippen LogP contribution in [0.25, 0.3) is 0 Å². The molecule has 18 heavy (non-hydrogen) atoms. The summed E-state index contributed by atoms with van der Waals surface area (Å²) >= 11 is 0. The van der Waals surface area contributed by atoms with Gasteiger partial charge in [-0.3, -0.25) is 4.79 Å². The average Bonchev–Trinajstić information content (AvgIpc) is 2.38. The Kier molecular flexibility index (Phi) is 3.04. The van der Waals surface area contributed by atoms with Crippen LogP contribution in [-0.2, 0) is 10.4 Å². The number of amides is 1. The number of phenolic OH excluding ortho intramolecular Hbond substituents is 1. The van der Waals surface area contributed by atoms with Crippen LogP contribution in [-0.4, -0.2) is 16.1 Å². The Morgan fingerprint density at radius 1 is 1.00 bits per heavy atom. The standard InChI is InChI=1S/C14H13NO3/c15-13(17)14(18,10-5-2-1-3-6-10)11-7-4-8-12(16)9-11/h1-9,16,18H,(H2,15,17). The molecule has 0 aromatic heterocycles. The molecule has 2 aromatic rings. The van der Waals surface area contributed by atoms with E-state index in [4.69, 9.17) is 5.73 Å². The van der Waals surface area contributed by atoms with E-state index in [1.165, 1.54) is 18.2 Å². The first-order chi connectivity index (χ1) is 8.55. The first-order valence-corrected chi connectivity index (χ1v) is 5.42. The summed E-state index contributed by atoms with van der Waals surface area (Å²) in [6.07, 6.45) is 0. The third kappa shape index (κ3) is 1.94. The maximum absolute atomic E-state index is 11.6. The number of rotatable bonds is 3. The number of nitrogens with two attached hydrogens (primary N) is 1. The average molecular weight is 243 g/mol. The molecule has 4 nitrogen and oxygen atoms in total. The molecule has 0 aliphatic carbocycles. The van der Waals surface area contributed by atoms with Crippen LogP contribution in [0.15, 0.2) is 54.6 Å². The second-order valence-corrected chi connectivity index (χ2v) is 3.99. The molecule has 0 saturated carbocycles. The van der Waals surface area contributed by atoms with Gasteiger partial charge in [-0.05, 0) is 17.7 Å². The van der Waals surface area contributed by atoms with E-state index in [0.29, 0.717) is 5.56 Å². The lowest BCUT2D eigenvalue weighted by atomic mass is 9.85. The SMILES string of the molecule is NC(=O)C(O)(c1ccccc1)c1cccc(O)c1. The molecule has 0 aliphatic rings. The van der Waals surface area contributed by atoms with Crippen LogP contribution in [0.5, 0.6) is 5.75 Å². The predicted molar refractivity (Wildman–Crippen MR) is 66.7 cm³/mol. The highest BCUT2D eigenvalue weighted by molar-refractivity contribution is 5.88. The van der Waals surface area contributed by atoms with Crippen molar-refractivity contribution in [3.05, 3.63) is 65.7 Å². The Hall–Kier alpha value is -2.33. The monoisotopic (exact) mass is 243 g/mol. The van der Waals surface area contributed by atoms with E-state index in [2.05, 4.69) is 0 Å². The van der Waals surface area contributed by atoms with Gasteiger partial charge in [0.25, 0.3) is 5.91 Å². The lowest BCUT2D eigenvalue weighted by Crippen LogP contribution is -2.42. The van der Waals surface area contributed by atoms with Crippen LogP contribution in [0.2, 0.25) is 0 Å². The number of carbonyl (C=O) groups excluding carboxylic acids is 1. The Bertz CT molecular complexity index is 568. The van der Waals surface area contributed by atoms with Gasteiger partial charge in [-0.15, -0.1) is 0 Å². The fraction of sp³-hybridized carbons (Fsp3) is 0.0714. The topological polar surface area (TPSA) is 83.6 Å². The highest BCUT2D eigenvalue weighted by atomic mass is 16.3. The number of hydrogen-bond donors (Lipinski definition) is 3. The van der Waals surface area contributed by atoms with E-state index in [-0.39, 0.29) is 11.3 Å². The van der Waals surface area contributed by atoms with Crippen LogP contribution in [0.4, 0.5) is 0 Å². The van der Waals surface area contributed by atoms with E-state index >= 15 is 0 Å². The maximum atomic E-state index is 11.6. The first-order valence-electron chi connectivity index (χ1n) is 5.42. The summed E-state index contributed by atoms with van der Waals surface area (Å²) in [6, 6.07) is 14.2. The van der Waals surface area contributed by atoms with Crippen LogP contribution in [0, 0.1) is 0 Å². The van der Waals surface area contributed by atoms with E-state index in [1.807, 2.05) is 0 Å². The lowest BCUT2D eigenvalue weighted by Gasteiger charge is -2.25. The molecule has 0 fully saturated rings. The summed E-state index contributed by atoms with van der Waals surface area (Å²) in [6.45, 7) is 0. The van der Waals surface area contributed by atoms with Crippen molar-refractivity contribution in [1.29, 1.82) is 0 Å². The van der Waals surface area contributed by atoms with Gasteiger partial charge in [0, 0.05) is 5.56 Å². The Morgan fingerprint density at radius 2 is 1.61 bits per heavy atom. The molecule has 4 heteroatoms. The fourth-order valence-corrected chi connectivity index (χ4v) is 1.86. The fourth-order valence-electron chi connectivity index (χ4n) is 1.86. The molecule has 0 radical (unpaired) electrons. The van der Waals surface area contributed by atoms with Gasteiger partial charge >= 0.3 is 0 Å². The summed E-state index contributed by atoms with van der Waals surface area (Å²) in [7, 11) is 0. The highest BCUT2D eigenvalue weighted by Crippen LogP contribution is 2.30. The second kappa shape index (κ2) is 4.50. The van der Waals surface area contributed by atoms with E-state index in [1.54, 1.807) is 36.4 Å². The number of carbonyl (C=O) groups is 1. The third-order valence-electron chi connectivity index (χ3n) is 2.81. The minimum absolute atomic E-state index is 0.0388. The van der Waals surface area contributed by atoms with Gasteiger partial charge in [-0.1, -0.05) is 42.5 Å². The summed E-state index contributed by atoms with van der Waals surface area (Å²) in [4.78, 5) is 11.6. The van der Waals surface area contributed by atoms with E-state index < -0.39 is 11.5 Å². The molecule has 92 valence electrons. The van der Waals surface area contributed by atoms with E-state index in [9.17, 15) is 15.0 Å². The number of primary amides is 1. The van der Waals surface area contributed by atoms with Gasteiger partial charge in [0.05, 0.1) is 0 Å². The molecule has 0 spiro atoms. The zero-order valence-electron chi connectivity index (χ0n) is 9.58. The largest absolute Gasteiger partial charge is 0.508 e. The van der Waals surface area contributed by atoms with Crippen LogP contribution >= 0.6 is 0 Å². The first kappa shape index (κ1) is 12.1. The maximum Gasteiger partial charge on any atom is 0.258 e. The number of aliphatic hydroxyl groups is 1. The van der Waals surface area contributed by atoms with Crippen molar-refractivity contribution in [3.8, 4) is 5.75 Å². The zero-order valence-corrected chi connectivity index (χ0v) is 9.58. The van der Waals surface area contributed by atoms with Gasteiger partial charge < -0.3 is 15.9 Å². The van der Waals surface area contributed by atoms with Crippen LogP contribution in [0.3, 0.4) is 0 Å². The smallest absolute Gasteiger partial charge is 0.258 e. The zero-order chi connectivity index (χ0) is 13.2. The normalized spacial score (nSPS) is 13.8. The minimum Gasteiger partial charge on any atom is -0.508 e. The molecule has 1 unspecified atom stereocenters. The quantitative estimate of drug-likeness (QED) is 0.755. The third-order valence-corrected chi connectivity index (χ3v) is 2.81. The van der Waals surface area contributed by atoms with Crippen LogP contribution in [0.1, 0.15) is 11.1 Å². The molecule has 2 aromatic carbocycles. The van der Waals surface area contributed by atoms with Crippen molar-refractivity contribution in [1.82, 2.24) is 0 Å². The van der Waals surface area contributed by atoms with Gasteiger partial charge in [-0.2, -0.15) is 0 Å². The van der Waals surface area contributed by atoms with Crippen molar-refractivity contribution in [2.45, 2.75) is 5.60 Å². The molecule has 0 aliphatic heterocycles. The minimum atomic E-state index is -1.94. The summed E-state index contributed by atoms with van der Waals surface area (Å²) in [5.74, 6) is -0.928. The van der Waals surface area contributed by atoms with Gasteiger partial charge in [0.15, 0.2) is 5.60 Å². The van der Waals surface area contributed by atoms with Crippen molar-refractivity contribution in [2.75, 3.05) is 0 Å². The molecule has 2 rings (SSSR count). The molecule has 0 saturated heterocycles. The number of benzene rings is 2. The molecule has 4 N–H and O–H groups in total. The van der Waals surface area contributed by atoms with Gasteiger partial charge in [0.1, 0.15) is 5.75 Å². The number of aromatic hydroxyl groups is 1. The molecule has 0 bridgehead atoms. The summed E-state index contributed by atoms with van der Waals surface area (Å²) < 4.78 is 0. The van der Waals surface area contributed by atoms with Gasteiger partial charge in [0.2, 0.25) is 0 Å². The number of phenols is 1. The van der Waals surface area contributed by atoms with Gasteiger partial charge in [-0.25, -0.2) is 0 Å². The molecule has 0 heterocycles. The van der Waals surface area contributed by atoms with Crippen LogP contribution < -0.4 is 5.73 Å². The molecular formula is C14H13NO3. The van der Waals surface area contributed by atoms with Crippen molar-refractivity contribution in [2.24, 2.45) is 5.73 Å². The Balaban J connectivity index is 2.62. The molecule has 1 atom stereocenters. The van der Waals surface area contributed by atoms with Crippen molar-refractivity contribution in [3.63, 3.8) is 0 Å². The Morgan fingerprint density at radius 3 is 2.17 bits per heavy atom. The molecular weight excluding hydrogens is 230 g/mol. The van der Waals surface area contributed by atoms with Crippen molar-refractivity contribution < 1.29 is 15.0 Å². The summed E-state index contributed by atoms with van der Waals surface area (Å²) in [5, 5.41) is 20.0. The lowest BCUT2D eigenvalue weighted by molar-refractivity contribution is -0.133. The highest BCUT2D eigenvalue weighted by Gasteiger charge is 2.38. The molecule has 1 amide bonds. The van der Waals surface area contributed by atoms with E-state index in [0.717, 1.165) is 0 Å². The number of hydrogen-bond acceptors (Lipinski definition) is 3.